The number of phenols is 1. The third-order valence-corrected chi connectivity index (χ3v) is 3.00. The molecule has 0 radical (unpaired) electrons. The lowest BCUT2D eigenvalue weighted by molar-refractivity contribution is 0.364. The molecule has 4 heteroatoms. The van der Waals surface area contributed by atoms with Crippen LogP contribution in [0.4, 0.5) is 0 Å². The molecule has 2 rings (SSSR count). The molecule has 0 aliphatic carbocycles. The minimum atomic E-state index is 0.196. The first-order valence-corrected chi connectivity index (χ1v) is 5.27. The van der Waals surface area contributed by atoms with E-state index in [4.69, 9.17) is 11.6 Å². The fourth-order valence-corrected chi connectivity index (χ4v) is 2.24. The first kappa shape index (κ1) is 9.31. The molecule has 0 aromatic heterocycles. The molecule has 1 saturated heterocycles. The van der Waals surface area contributed by atoms with Crippen LogP contribution in [0.1, 0.15) is 18.0 Å². The Morgan fingerprint density at radius 3 is 2.77 bits per heavy atom. The monoisotopic (exact) mass is 261 g/mol. The van der Waals surface area contributed by atoms with Gasteiger partial charge >= 0.3 is 0 Å². The molecular weight excluding hydrogens is 253 g/mol. The molecule has 1 atom stereocenters. The average molecular weight is 263 g/mol. The summed E-state index contributed by atoms with van der Waals surface area (Å²) in [6, 6.07) is 3.85. The summed E-state index contributed by atoms with van der Waals surface area (Å²) in [6.45, 7) is 1.01. The van der Waals surface area contributed by atoms with Crippen molar-refractivity contribution in [3.05, 3.63) is 27.2 Å². The van der Waals surface area contributed by atoms with Gasteiger partial charge in [-0.15, -0.1) is 0 Å². The minimum absolute atomic E-state index is 0.196. The van der Waals surface area contributed by atoms with E-state index < -0.39 is 0 Å². The third kappa shape index (κ3) is 1.68. The van der Waals surface area contributed by atoms with Gasteiger partial charge in [0.15, 0.2) is 0 Å². The Hall–Kier alpha value is -0.250. The molecule has 1 aliphatic heterocycles. The van der Waals surface area contributed by atoms with Crippen LogP contribution in [-0.2, 0) is 0 Å². The number of halogens is 2. The van der Waals surface area contributed by atoms with Crippen LogP contribution in [0, 0.1) is 0 Å². The van der Waals surface area contributed by atoms with Gasteiger partial charge in [0.2, 0.25) is 0 Å². The highest BCUT2D eigenvalue weighted by Crippen LogP contribution is 2.37. The topological polar surface area (TPSA) is 32.3 Å². The smallest absolute Gasteiger partial charge is 0.139 e. The maximum atomic E-state index is 9.66. The summed E-state index contributed by atoms with van der Waals surface area (Å²) in [7, 11) is 0. The summed E-state index contributed by atoms with van der Waals surface area (Å²) in [4.78, 5) is 0. The molecule has 1 aliphatic rings. The molecule has 0 saturated carbocycles. The Labute approximate surface area is 90.0 Å². The molecule has 1 aromatic carbocycles. The quantitative estimate of drug-likeness (QED) is 0.816. The Bertz CT molecular complexity index is 339. The van der Waals surface area contributed by atoms with Crippen molar-refractivity contribution >= 4 is 27.5 Å². The second kappa shape index (κ2) is 3.48. The lowest BCUT2D eigenvalue weighted by Crippen LogP contribution is -2.34. The molecule has 1 aromatic rings. The van der Waals surface area contributed by atoms with E-state index in [1.807, 2.05) is 6.07 Å². The summed E-state index contributed by atoms with van der Waals surface area (Å²) in [5.74, 6) is 0.196. The average Bonchev–Trinajstić information content (AvgIpc) is 1.95. The van der Waals surface area contributed by atoms with Crippen molar-refractivity contribution in [3.63, 3.8) is 0 Å². The second-order valence-corrected chi connectivity index (χ2v) is 4.44. The zero-order valence-corrected chi connectivity index (χ0v) is 9.19. The number of phenolic OH excluding ortho intramolecular Hbond substituents is 1. The molecule has 2 nitrogen and oxygen atoms in total. The molecule has 70 valence electrons. The lowest BCUT2D eigenvalue weighted by Gasteiger charge is -2.28. The van der Waals surface area contributed by atoms with E-state index in [1.54, 1.807) is 6.07 Å². The van der Waals surface area contributed by atoms with Crippen LogP contribution in [0.2, 0.25) is 5.02 Å². The number of rotatable bonds is 1. The largest absolute Gasteiger partial charge is 0.506 e. The number of nitrogens with one attached hydrogen (secondary N) is 1. The van der Waals surface area contributed by atoms with Crippen molar-refractivity contribution in [2.45, 2.75) is 12.5 Å². The van der Waals surface area contributed by atoms with Gasteiger partial charge < -0.3 is 10.4 Å². The summed E-state index contributed by atoms with van der Waals surface area (Å²) in [5, 5.41) is 13.3. The molecule has 0 spiro atoms. The van der Waals surface area contributed by atoms with E-state index in [0.717, 1.165) is 23.0 Å². The third-order valence-electron chi connectivity index (χ3n) is 2.26. The maximum Gasteiger partial charge on any atom is 0.139 e. The molecule has 1 heterocycles. The van der Waals surface area contributed by atoms with Gasteiger partial charge in [0.25, 0.3) is 0 Å². The van der Waals surface area contributed by atoms with E-state index >= 15 is 0 Å². The second-order valence-electron chi connectivity index (χ2n) is 3.12. The predicted molar refractivity (Wildman–Crippen MR) is 56.2 cm³/mol. The van der Waals surface area contributed by atoms with Crippen LogP contribution in [0.25, 0.3) is 0 Å². The highest BCUT2D eigenvalue weighted by Gasteiger charge is 2.22. The molecule has 2 N–H and O–H groups in total. The minimum Gasteiger partial charge on any atom is -0.506 e. The highest BCUT2D eigenvalue weighted by molar-refractivity contribution is 9.10. The van der Waals surface area contributed by atoms with Crippen molar-refractivity contribution in [1.82, 2.24) is 5.32 Å². The zero-order chi connectivity index (χ0) is 9.42. The number of benzene rings is 1. The number of aromatic hydroxyl groups is 1. The van der Waals surface area contributed by atoms with Crippen LogP contribution in [0.3, 0.4) is 0 Å². The van der Waals surface area contributed by atoms with Crippen LogP contribution in [0.5, 0.6) is 5.75 Å². The fourth-order valence-electron chi connectivity index (χ4n) is 1.41. The van der Waals surface area contributed by atoms with E-state index in [1.165, 1.54) is 0 Å². The number of hydrogen-bond acceptors (Lipinski definition) is 2. The van der Waals surface area contributed by atoms with Gasteiger partial charge in [0.05, 0.1) is 5.02 Å². The standard InChI is InChI=1S/C9H9BrClNO/c10-5-3-6(8-1-2-12-8)9(13)7(11)4-5/h3-4,8,12-13H,1-2H2. The van der Waals surface area contributed by atoms with Gasteiger partial charge in [-0.05, 0) is 25.1 Å². The normalized spacial score (nSPS) is 21.2. The molecule has 1 fully saturated rings. The summed E-state index contributed by atoms with van der Waals surface area (Å²) >= 11 is 9.18. The Balaban J connectivity index is 2.42. The molecule has 13 heavy (non-hydrogen) atoms. The van der Waals surface area contributed by atoms with Crippen molar-refractivity contribution < 1.29 is 5.11 Å². The Kier molecular flexibility index (Phi) is 2.49. The van der Waals surface area contributed by atoms with E-state index in [-0.39, 0.29) is 11.8 Å². The highest BCUT2D eigenvalue weighted by atomic mass is 79.9. The molecule has 0 amide bonds. The fraction of sp³-hybridized carbons (Fsp3) is 0.333. The molecule has 1 unspecified atom stereocenters. The van der Waals surface area contributed by atoms with E-state index in [9.17, 15) is 5.11 Å². The molecular formula is C9H9BrClNO. The van der Waals surface area contributed by atoms with Crippen molar-refractivity contribution in [2.24, 2.45) is 0 Å². The lowest BCUT2D eigenvalue weighted by atomic mass is 9.97. The van der Waals surface area contributed by atoms with Gasteiger partial charge in [-0.1, -0.05) is 27.5 Å². The maximum absolute atomic E-state index is 9.66. The van der Waals surface area contributed by atoms with Gasteiger partial charge in [-0.3, -0.25) is 0 Å². The van der Waals surface area contributed by atoms with Crippen LogP contribution < -0.4 is 5.32 Å². The summed E-state index contributed by atoms with van der Waals surface area (Å²) in [6.07, 6.45) is 1.06. The van der Waals surface area contributed by atoms with Crippen LogP contribution in [0.15, 0.2) is 16.6 Å². The van der Waals surface area contributed by atoms with Gasteiger partial charge in [-0.2, -0.15) is 0 Å². The van der Waals surface area contributed by atoms with Gasteiger partial charge in [0.1, 0.15) is 5.75 Å². The van der Waals surface area contributed by atoms with Crippen molar-refractivity contribution in [1.29, 1.82) is 0 Å². The first-order valence-electron chi connectivity index (χ1n) is 4.10. The Morgan fingerprint density at radius 2 is 2.23 bits per heavy atom. The summed E-state index contributed by atoms with van der Waals surface area (Å²) < 4.78 is 0.902. The van der Waals surface area contributed by atoms with Crippen molar-refractivity contribution in [3.8, 4) is 5.75 Å². The number of hydrogen-bond donors (Lipinski definition) is 2. The van der Waals surface area contributed by atoms with Gasteiger partial charge in [0, 0.05) is 16.1 Å². The van der Waals surface area contributed by atoms with E-state index in [2.05, 4.69) is 21.2 Å². The first-order chi connectivity index (χ1) is 6.18. The Morgan fingerprint density at radius 1 is 1.54 bits per heavy atom. The van der Waals surface area contributed by atoms with Crippen LogP contribution >= 0.6 is 27.5 Å². The van der Waals surface area contributed by atoms with Gasteiger partial charge in [-0.25, -0.2) is 0 Å². The SMILES string of the molecule is Oc1c(Cl)cc(Br)cc1C1CCN1. The van der Waals surface area contributed by atoms with E-state index in [0.29, 0.717) is 5.02 Å². The molecule has 0 bridgehead atoms. The zero-order valence-electron chi connectivity index (χ0n) is 6.85. The van der Waals surface area contributed by atoms with Crippen LogP contribution in [-0.4, -0.2) is 11.7 Å². The van der Waals surface area contributed by atoms with Crippen molar-refractivity contribution in [2.75, 3.05) is 6.54 Å². The predicted octanol–water partition coefficient (Wildman–Crippen LogP) is 2.84. The summed E-state index contributed by atoms with van der Waals surface area (Å²) in [5.41, 5.74) is 0.880.